The molecule has 3 nitrogen and oxygen atoms in total. The van der Waals surface area contributed by atoms with Crippen LogP contribution in [0.5, 0.6) is 0 Å². The molecule has 0 spiro atoms. The van der Waals surface area contributed by atoms with Crippen LogP contribution in [0.15, 0.2) is 224 Å². The zero-order valence-electron chi connectivity index (χ0n) is 38.2. The Bertz CT molecular complexity index is 4520. The van der Waals surface area contributed by atoms with Crippen molar-refractivity contribution in [1.29, 1.82) is 0 Å². The Kier molecular flexibility index (Phi) is 8.20. The lowest BCUT2D eigenvalue weighted by Crippen LogP contribution is -2.10. The monoisotopic (exact) mass is 895 g/mol. The minimum atomic E-state index is 0.587. The van der Waals surface area contributed by atoms with Gasteiger partial charge in [0.25, 0.3) is 0 Å². The van der Waals surface area contributed by atoms with Gasteiger partial charge in [0.05, 0.1) is 18.8 Å². The highest BCUT2D eigenvalue weighted by molar-refractivity contribution is 6.49. The summed E-state index contributed by atoms with van der Waals surface area (Å²) in [6.45, 7) is 15.4. The van der Waals surface area contributed by atoms with Crippen molar-refractivity contribution in [3.8, 4) is 33.4 Å². The summed E-state index contributed by atoms with van der Waals surface area (Å²) in [5.74, 6) is 0. The molecular formula is C68H37N3. The second-order valence-electron chi connectivity index (χ2n) is 18.8. The molecule has 0 N–H and O–H groups in total. The van der Waals surface area contributed by atoms with Crippen LogP contribution in [0, 0.1) is 13.1 Å². The molecule has 0 unspecified atom stereocenters. The van der Waals surface area contributed by atoms with Gasteiger partial charge in [0, 0.05) is 16.8 Å². The van der Waals surface area contributed by atoms with Crippen molar-refractivity contribution in [3.63, 3.8) is 0 Å². The van der Waals surface area contributed by atoms with E-state index in [9.17, 15) is 0 Å². The summed E-state index contributed by atoms with van der Waals surface area (Å²) in [7, 11) is 0. The van der Waals surface area contributed by atoms with Gasteiger partial charge in [-0.15, -0.1) is 0 Å². The third-order valence-electron chi connectivity index (χ3n) is 15.3. The van der Waals surface area contributed by atoms with Gasteiger partial charge in [-0.2, -0.15) is 0 Å². The summed E-state index contributed by atoms with van der Waals surface area (Å²) < 4.78 is 0. The SMILES string of the molecule is [C-]#[N+]c1ccc(N(c2ccc([N+]#[C-])cc2)c2ccc3c4c(-c5ccccc5)c5c6ccc7c8ccc(-c9ccccc9)c9cccc(c%10ccc(c5c(-c5ccccc5)c4c4cccc2c43)c6c%107)c98)cc1. The van der Waals surface area contributed by atoms with Gasteiger partial charge in [0.1, 0.15) is 0 Å². The predicted octanol–water partition coefficient (Wildman–Crippen LogP) is 20.0. The Labute approximate surface area is 408 Å². The fourth-order valence-electron chi connectivity index (χ4n) is 12.5. The van der Waals surface area contributed by atoms with Crippen molar-refractivity contribution in [2.24, 2.45) is 0 Å². The van der Waals surface area contributed by atoms with Gasteiger partial charge in [0.15, 0.2) is 11.4 Å². The van der Waals surface area contributed by atoms with Gasteiger partial charge < -0.3 is 4.90 Å². The summed E-state index contributed by atoms with van der Waals surface area (Å²) in [5.41, 5.74) is 11.4. The average Bonchev–Trinajstić information content (AvgIpc) is 3.96. The number of benzene rings is 13. The Balaban J connectivity index is 1.11. The zero-order valence-corrected chi connectivity index (χ0v) is 38.2. The molecule has 0 atom stereocenters. The summed E-state index contributed by atoms with van der Waals surface area (Å²) in [6, 6.07) is 81.1. The van der Waals surface area contributed by atoms with Gasteiger partial charge >= 0.3 is 0 Å². The van der Waals surface area contributed by atoms with E-state index in [1.54, 1.807) is 0 Å². The predicted molar refractivity (Wildman–Crippen MR) is 301 cm³/mol. The van der Waals surface area contributed by atoms with E-state index in [1.165, 1.54) is 125 Å². The number of hydrogen-bond donors (Lipinski definition) is 0. The fourth-order valence-corrected chi connectivity index (χ4v) is 12.5. The second kappa shape index (κ2) is 14.8. The third kappa shape index (κ3) is 5.41. The Hall–Kier alpha value is -9.80. The lowest BCUT2D eigenvalue weighted by atomic mass is 9.86. The zero-order chi connectivity index (χ0) is 46.9. The molecular weight excluding hydrogens is 859 g/mol. The molecule has 15 aromatic carbocycles. The van der Waals surface area contributed by atoms with Crippen LogP contribution in [0.3, 0.4) is 0 Å². The van der Waals surface area contributed by atoms with Gasteiger partial charge in [-0.1, -0.05) is 194 Å². The number of rotatable bonds is 6. The maximum absolute atomic E-state index is 7.69. The van der Waals surface area contributed by atoms with E-state index in [2.05, 4.69) is 191 Å². The molecule has 15 aromatic rings. The highest BCUT2D eigenvalue weighted by atomic mass is 15.1. The van der Waals surface area contributed by atoms with Crippen molar-refractivity contribution in [1.82, 2.24) is 0 Å². The first-order valence-corrected chi connectivity index (χ1v) is 24.1. The molecule has 71 heavy (non-hydrogen) atoms. The minimum Gasteiger partial charge on any atom is -0.310 e. The molecule has 0 heterocycles. The first-order chi connectivity index (χ1) is 35.2. The van der Waals surface area contributed by atoms with Crippen molar-refractivity contribution >= 4 is 125 Å². The molecule has 324 valence electrons. The minimum absolute atomic E-state index is 0.587. The number of anilines is 3. The summed E-state index contributed by atoms with van der Waals surface area (Å²) >= 11 is 0. The summed E-state index contributed by atoms with van der Waals surface area (Å²) in [6.07, 6.45) is 0. The first-order valence-electron chi connectivity index (χ1n) is 24.1. The van der Waals surface area contributed by atoms with Crippen LogP contribution in [0.1, 0.15) is 0 Å². The lowest BCUT2D eigenvalue weighted by molar-refractivity contribution is 1.30. The van der Waals surface area contributed by atoms with E-state index < -0.39 is 0 Å². The van der Waals surface area contributed by atoms with Crippen molar-refractivity contribution < 1.29 is 0 Å². The molecule has 0 radical (unpaired) electrons. The quantitative estimate of drug-likeness (QED) is 0.0920. The average molecular weight is 896 g/mol. The smallest absolute Gasteiger partial charge is 0.187 e. The van der Waals surface area contributed by atoms with E-state index in [0.717, 1.165) is 22.4 Å². The van der Waals surface area contributed by atoms with Gasteiger partial charge in [0.2, 0.25) is 0 Å². The number of hydrogen-bond acceptors (Lipinski definition) is 1. The summed E-state index contributed by atoms with van der Waals surface area (Å²) in [4.78, 5) is 9.68. The molecule has 0 aliphatic carbocycles. The van der Waals surface area contributed by atoms with Crippen LogP contribution in [0.4, 0.5) is 28.4 Å². The van der Waals surface area contributed by atoms with Crippen molar-refractivity contribution in [3.05, 3.63) is 247 Å². The van der Waals surface area contributed by atoms with Gasteiger partial charge in [-0.25, -0.2) is 9.69 Å². The van der Waals surface area contributed by atoms with Gasteiger partial charge in [-0.05, 0) is 155 Å². The maximum atomic E-state index is 7.69. The number of nitrogens with zero attached hydrogens (tertiary/aromatic N) is 3. The van der Waals surface area contributed by atoms with E-state index >= 15 is 0 Å². The molecule has 0 saturated heterocycles. The highest BCUT2D eigenvalue weighted by Gasteiger charge is 2.30. The van der Waals surface area contributed by atoms with E-state index in [-0.39, 0.29) is 0 Å². The largest absolute Gasteiger partial charge is 0.310 e. The first kappa shape index (κ1) is 39.2. The van der Waals surface area contributed by atoms with Crippen LogP contribution in [-0.2, 0) is 0 Å². The van der Waals surface area contributed by atoms with E-state index in [4.69, 9.17) is 13.1 Å². The number of fused-ring (bicyclic) bond motifs is 8. The van der Waals surface area contributed by atoms with E-state index in [0.29, 0.717) is 11.4 Å². The lowest BCUT2D eigenvalue weighted by Gasteiger charge is -2.27. The Morgan fingerprint density at radius 1 is 0.254 bits per heavy atom. The summed E-state index contributed by atoms with van der Waals surface area (Å²) in [5, 5.41) is 22.7. The molecule has 15 rings (SSSR count). The molecule has 0 fully saturated rings. The molecule has 0 aromatic heterocycles. The normalized spacial score (nSPS) is 11.9. The van der Waals surface area contributed by atoms with Crippen LogP contribution in [-0.4, -0.2) is 0 Å². The molecule has 0 amide bonds. The van der Waals surface area contributed by atoms with Crippen LogP contribution < -0.4 is 4.90 Å². The second-order valence-corrected chi connectivity index (χ2v) is 18.8. The Morgan fingerprint density at radius 2 is 0.620 bits per heavy atom. The topological polar surface area (TPSA) is 12.0 Å². The third-order valence-corrected chi connectivity index (χ3v) is 15.3. The van der Waals surface area contributed by atoms with Crippen LogP contribution >= 0.6 is 0 Å². The molecule has 0 aliphatic heterocycles. The Morgan fingerprint density at radius 3 is 1.15 bits per heavy atom. The molecule has 0 aliphatic rings. The standard InChI is InChI=1S/C68H37N3/c1-69-43-24-28-45(29-25-43)71(46-30-26-44(70-2)27-31-46)58-39-38-55-62-53(58)22-13-23-54(62)65-59(41-16-8-4-9-17-41)67-56-36-34-51-49-21-12-20-48-47(40-14-6-3-7-15-40)32-33-50(61(48)49)52-35-37-57(64(56)63(51)52)68(67)60(66(55)65)42-18-10-5-11-19-42/h3-39H. The highest BCUT2D eigenvalue weighted by Crippen LogP contribution is 2.58. The van der Waals surface area contributed by atoms with Gasteiger partial charge in [-0.3, -0.25) is 0 Å². The molecule has 3 heteroatoms. The van der Waals surface area contributed by atoms with E-state index in [1.807, 2.05) is 48.5 Å². The molecule has 0 saturated carbocycles. The fraction of sp³-hybridized carbons (Fsp3) is 0. The van der Waals surface area contributed by atoms with Crippen LogP contribution in [0.2, 0.25) is 0 Å². The molecule has 0 bridgehead atoms. The maximum Gasteiger partial charge on any atom is 0.187 e. The van der Waals surface area contributed by atoms with Crippen molar-refractivity contribution in [2.45, 2.75) is 0 Å². The van der Waals surface area contributed by atoms with Crippen molar-refractivity contribution in [2.75, 3.05) is 4.90 Å². The van der Waals surface area contributed by atoms with Crippen LogP contribution in [0.25, 0.3) is 140 Å².